The van der Waals surface area contributed by atoms with Crippen LogP contribution in [-0.4, -0.2) is 63.0 Å². The minimum Gasteiger partial charge on any atom is -0.444 e. The maximum Gasteiger partial charge on any atom is 0.410 e. The third-order valence-corrected chi connectivity index (χ3v) is 4.84. The normalized spacial score (nSPS) is 16.2. The van der Waals surface area contributed by atoms with Gasteiger partial charge in [-0.1, -0.05) is 0 Å². The molecule has 8 heteroatoms. The lowest BCUT2D eigenvalue weighted by molar-refractivity contribution is 0.0255. The van der Waals surface area contributed by atoms with Gasteiger partial charge in [-0.15, -0.1) is 11.3 Å². The van der Waals surface area contributed by atoms with E-state index in [0.29, 0.717) is 31.9 Å². The lowest BCUT2D eigenvalue weighted by Crippen LogP contribution is -2.40. The molecule has 0 aromatic carbocycles. The van der Waals surface area contributed by atoms with Gasteiger partial charge in [0.15, 0.2) is 4.96 Å². The second-order valence-corrected chi connectivity index (χ2v) is 8.48. The first kappa shape index (κ1) is 17.7. The number of fused-ring (bicyclic) bond motifs is 1. The van der Waals surface area contributed by atoms with E-state index in [-0.39, 0.29) is 12.0 Å². The molecule has 0 spiro atoms. The first-order valence-corrected chi connectivity index (χ1v) is 9.27. The number of amides is 2. The minimum absolute atomic E-state index is 0.0837. The zero-order chi connectivity index (χ0) is 18.2. The second-order valence-electron chi connectivity index (χ2n) is 7.27. The van der Waals surface area contributed by atoms with Crippen LogP contribution in [0.2, 0.25) is 0 Å². The van der Waals surface area contributed by atoms with E-state index in [9.17, 15) is 9.59 Å². The van der Waals surface area contributed by atoms with Crippen molar-refractivity contribution >= 4 is 28.3 Å². The summed E-state index contributed by atoms with van der Waals surface area (Å²) in [4.78, 5) is 34.8. The quantitative estimate of drug-likeness (QED) is 0.780. The number of ether oxygens (including phenoxy) is 1. The van der Waals surface area contributed by atoms with Crippen molar-refractivity contribution in [3.8, 4) is 0 Å². The summed E-state index contributed by atoms with van der Waals surface area (Å²) in [6, 6.07) is 0. The molecule has 25 heavy (non-hydrogen) atoms. The Kier molecular flexibility index (Phi) is 4.73. The topological polar surface area (TPSA) is 67.2 Å². The fraction of sp³-hybridized carbons (Fsp3) is 0.588. The molecular formula is C17H24N4O3S. The molecule has 1 fully saturated rings. The highest BCUT2D eigenvalue weighted by Gasteiger charge is 2.27. The summed E-state index contributed by atoms with van der Waals surface area (Å²) in [5.41, 5.74) is -0.0592. The van der Waals surface area contributed by atoms with Gasteiger partial charge in [-0.25, -0.2) is 9.78 Å². The van der Waals surface area contributed by atoms with Crippen LogP contribution in [0.5, 0.6) is 0 Å². The van der Waals surface area contributed by atoms with Gasteiger partial charge in [0.25, 0.3) is 5.91 Å². The highest BCUT2D eigenvalue weighted by atomic mass is 32.1. The Labute approximate surface area is 151 Å². The maximum absolute atomic E-state index is 12.7. The molecule has 0 saturated carbocycles. The molecule has 0 aliphatic carbocycles. The smallest absolute Gasteiger partial charge is 0.410 e. The summed E-state index contributed by atoms with van der Waals surface area (Å²) in [6.45, 7) is 9.74. The summed E-state index contributed by atoms with van der Waals surface area (Å²) in [7, 11) is 0. The van der Waals surface area contributed by atoms with Crippen LogP contribution in [0.3, 0.4) is 0 Å². The van der Waals surface area contributed by atoms with Crippen LogP contribution >= 0.6 is 11.3 Å². The number of hydrogen-bond acceptors (Lipinski definition) is 5. The average Bonchev–Trinajstić information content (AvgIpc) is 2.92. The Morgan fingerprint density at radius 3 is 2.48 bits per heavy atom. The van der Waals surface area contributed by atoms with Crippen LogP contribution in [0, 0.1) is 6.92 Å². The third-order valence-electron chi connectivity index (χ3n) is 3.93. The summed E-state index contributed by atoms with van der Waals surface area (Å²) < 4.78 is 7.31. The Morgan fingerprint density at radius 2 is 1.80 bits per heavy atom. The van der Waals surface area contributed by atoms with Crippen LogP contribution < -0.4 is 0 Å². The van der Waals surface area contributed by atoms with Crippen molar-refractivity contribution in [2.45, 2.75) is 39.7 Å². The summed E-state index contributed by atoms with van der Waals surface area (Å²) in [5.74, 6) is -0.0837. The standard InChI is InChI=1S/C17H24N4O3S/c1-12-10-21-11-13(18-15(21)25-12)14(22)19-6-5-7-20(9-8-19)16(23)24-17(2,3)4/h10-11H,5-9H2,1-4H3. The van der Waals surface area contributed by atoms with Crippen molar-refractivity contribution in [3.05, 3.63) is 23.0 Å². The van der Waals surface area contributed by atoms with Crippen LogP contribution in [0.4, 0.5) is 4.79 Å². The molecule has 1 saturated heterocycles. The molecule has 0 bridgehead atoms. The Morgan fingerprint density at radius 1 is 1.12 bits per heavy atom. The van der Waals surface area contributed by atoms with E-state index in [1.54, 1.807) is 27.3 Å². The van der Waals surface area contributed by atoms with Crippen LogP contribution in [0.15, 0.2) is 12.4 Å². The largest absolute Gasteiger partial charge is 0.444 e. The number of aromatic nitrogens is 2. The number of nitrogens with zero attached hydrogens (tertiary/aromatic N) is 4. The van der Waals surface area contributed by atoms with Crippen LogP contribution in [0.1, 0.15) is 42.6 Å². The molecule has 3 rings (SSSR count). The van der Waals surface area contributed by atoms with Crippen molar-refractivity contribution in [1.82, 2.24) is 19.2 Å². The van der Waals surface area contributed by atoms with Gasteiger partial charge in [-0.05, 0) is 34.1 Å². The number of imidazole rings is 1. The van der Waals surface area contributed by atoms with Gasteiger partial charge < -0.3 is 14.5 Å². The Bertz CT molecular complexity index is 758. The van der Waals surface area contributed by atoms with Crippen LogP contribution in [-0.2, 0) is 4.74 Å². The fourth-order valence-electron chi connectivity index (χ4n) is 2.81. The van der Waals surface area contributed by atoms with Crippen molar-refractivity contribution in [1.29, 1.82) is 0 Å². The van der Waals surface area contributed by atoms with Gasteiger partial charge in [0.2, 0.25) is 0 Å². The van der Waals surface area contributed by atoms with E-state index in [0.717, 1.165) is 16.3 Å². The molecule has 7 nitrogen and oxygen atoms in total. The van der Waals surface area contributed by atoms with E-state index < -0.39 is 5.60 Å². The molecule has 0 atom stereocenters. The molecule has 0 unspecified atom stereocenters. The zero-order valence-electron chi connectivity index (χ0n) is 15.1. The van der Waals surface area contributed by atoms with E-state index in [1.165, 1.54) is 0 Å². The van der Waals surface area contributed by atoms with Gasteiger partial charge in [-0.2, -0.15) is 0 Å². The number of rotatable bonds is 1. The summed E-state index contributed by atoms with van der Waals surface area (Å²) >= 11 is 1.56. The van der Waals surface area contributed by atoms with Crippen molar-refractivity contribution < 1.29 is 14.3 Å². The summed E-state index contributed by atoms with van der Waals surface area (Å²) in [6.07, 6.45) is 4.15. The van der Waals surface area contributed by atoms with Crippen molar-refractivity contribution in [2.75, 3.05) is 26.2 Å². The second kappa shape index (κ2) is 6.67. The van der Waals surface area contributed by atoms with Gasteiger partial charge >= 0.3 is 6.09 Å². The monoisotopic (exact) mass is 364 g/mol. The van der Waals surface area contributed by atoms with Gasteiger partial charge in [0, 0.05) is 43.4 Å². The zero-order valence-corrected chi connectivity index (χ0v) is 15.9. The Hall–Kier alpha value is -2.09. The number of thiazole rings is 1. The van der Waals surface area contributed by atoms with Gasteiger partial charge in [-0.3, -0.25) is 9.20 Å². The number of aryl methyl sites for hydroxylation is 1. The predicted molar refractivity (Wildman–Crippen MR) is 96.1 cm³/mol. The minimum atomic E-state index is -0.515. The molecule has 2 aromatic heterocycles. The van der Waals surface area contributed by atoms with E-state index in [2.05, 4.69) is 4.98 Å². The Balaban J connectivity index is 1.64. The molecule has 1 aliphatic rings. The maximum atomic E-state index is 12.7. The van der Waals surface area contributed by atoms with E-state index >= 15 is 0 Å². The first-order chi connectivity index (χ1) is 11.7. The molecule has 0 radical (unpaired) electrons. The average molecular weight is 364 g/mol. The van der Waals surface area contributed by atoms with Gasteiger partial charge in [0.05, 0.1) is 0 Å². The lowest BCUT2D eigenvalue weighted by Gasteiger charge is -2.26. The third kappa shape index (κ3) is 4.12. The molecule has 1 aliphatic heterocycles. The first-order valence-electron chi connectivity index (χ1n) is 8.45. The molecule has 2 aromatic rings. The number of hydrogen-bond donors (Lipinski definition) is 0. The van der Waals surface area contributed by atoms with Crippen molar-refractivity contribution in [3.63, 3.8) is 0 Å². The highest BCUT2D eigenvalue weighted by Crippen LogP contribution is 2.18. The molecule has 136 valence electrons. The molecule has 0 N–H and O–H groups in total. The van der Waals surface area contributed by atoms with Crippen LogP contribution in [0.25, 0.3) is 4.96 Å². The molecule has 3 heterocycles. The molecule has 2 amide bonds. The van der Waals surface area contributed by atoms with E-state index in [4.69, 9.17) is 4.74 Å². The SMILES string of the molecule is Cc1cn2cc(C(=O)N3CCCN(C(=O)OC(C)(C)C)CC3)nc2s1. The van der Waals surface area contributed by atoms with Gasteiger partial charge in [0.1, 0.15) is 11.3 Å². The van der Waals surface area contributed by atoms with Crippen molar-refractivity contribution in [2.24, 2.45) is 0 Å². The number of carbonyl (C=O) groups excluding carboxylic acids is 2. The fourth-order valence-corrected chi connectivity index (χ4v) is 3.61. The molecular weight excluding hydrogens is 340 g/mol. The highest BCUT2D eigenvalue weighted by molar-refractivity contribution is 7.17. The van der Waals surface area contributed by atoms with E-state index in [1.807, 2.05) is 38.3 Å². The predicted octanol–water partition coefficient (Wildman–Crippen LogP) is 2.79. The lowest BCUT2D eigenvalue weighted by atomic mass is 10.2. The number of carbonyl (C=O) groups is 2. The summed E-state index contributed by atoms with van der Waals surface area (Å²) in [5, 5.41) is 0.